The number of anilines is 1. The van der Waals surface area contributed by atoms with Crippen molar-refractivity contribution in [2.24, 2.45) is 5.92 Å². The van der Waals surface area contributed by atoms with Gasteiger partial charge in [0.25, 0.3) is 0 Å². The van der Waals surface area contributed by atoms with Crippen molar-refractivity contribution in [3.63, 3.8) is 0 Å². The quantitative estimate of drug-likeness (QED) is 0.843. The van der Waals surface area contributed by atoms with Gasteiger partial charge in [-0.1, -0.05) is 11.8 Å². The Hall–Kier alpha value is -0.880. The maximum atomic E-state index is 13.0. The van der Waals surface area contributed by atoms with Crippen LogP contribution in [-0.2, 0) is 9.59 Å². The van der Waals surface area contributed by atoms with Gasteiger partial charge in [-0.25, -0.2) is 4.39 Å². The molecule has 1 saturated heterocycles. The lowest BCUT2D eigenvalue weighted by Crippen LogP contribution is -2.25. The Bertz CT molecular complexity index is 523. The van der Waals surface area contributed by atoms with Gasteiger partial charge in [-0.2, -0.15) is 0 Å². The summed E-state index contributed by atoms with van der Waals surface area (Å²) in [6, 6.07) is 4.28. The molecule has 1 unspecified atom stereocenters. The van der Waals surface area contributed by atoms with Crippen LogP contribution in [0.2, 0.25) is 0 Å². The lowest BCUT2D eigenvalue weighted by atomic mass is 10.1. The van der Waals surface area contributed by atoms with Crippen molar-refractivity contribution in [2.75, 3.05) is 17.2 Å². The number of amides is 1. The molecule has 2 rings (SSSR count). The van der Waals surface area contributed by atoms with Crippen molar-refractivity contribution in [1.82, 2.24) is 0 Å². The van der Waals surface area contributed by atoms with Gasteiger partial charge in [0.1, 0.15) is 5.82 Å². The first-order valence-corrected chi connectivity index (χ1v) is 7.64. The zero-order valence-corrected chi connectivity index (χ0v) is 12.8. The molecule has 6 heteroatoms. The first-order chi connectivity index (χ1) is 8.97. The molecule has 0 saturated carbocycles. The second-order valence-corrected chi connectivity index (χ2v) is 6.52. The maximum absolute atomic E-state index is 13.0. The molecule has 1 atom stereocenters. The molecule has 1 aromatic rings. The van der Waals surface area contributed by atoms with Crippen molar-refractivity contribution in [3.05, 3.63) is 28.5 Å². The predicted molar refractivity (Wildman–Crippen MR) is 77.7 cm³/mol. The molecule has 1 fully saturated rings. The van der Waals surface area contributed by atoms with Crippen LogP contribution in [-0.4, -0.2) is 23.3 Å². The Balaban J connectivity index is 2.09. The fraction of sp³-hybridized carbons (Fsp3) is 0.385. The van der Waals surface area contributed by atoms with Crippen LogP contribution in [0.4, 0.5) is 10.1 Å². The summed E-state index contributed by atoms with van der Waals surface area (Å²) in [6.07, 6.45) is 0.435. The second kappa shape index (κ2) is 6.05. The highest BCUT2D eigenvalue weighted by molar-refractivity contribution is 9.10. The van der Waals surface area contributed by atoms with Crippen molar-refractivity contribution in [3.8, 4) is 0 Å². The molecule has 1 heterocycles. The first kappa shape index (κ1) is 14.5. The highest BCUT2D eigenvalue weighted by atomic mass is 79.9. The molecular formula is C13H13BrFNO2S. The molecule has 0 aliphatic carbocycles. The van der Waals surface area contributed by atoms with Crippen molar-refractivity contribution in [1.29, 1.82) is 0 Å². The summed E-state index contributed by atoms with van der Waals surface area (Å²) < 4.78 is 13.6. The van der Waals surface area contributed by atoms with Gasteiger partial charge >= 0.3 is 0 Å². The van der Waals surface area contributed by atoms with Crippen LogP contribution in [0.25, 0.3) is 0 Å². The van der Waals surface area contributed by atoms with Crippen LogP contribution in [0.3, 0.4) is 0 Å². The minimum absolute atomic E-state index is 0.0152. The monoisotopic (exact) mass is 345 g/mol. The van der Waals surface area contributed by atoms with Crippen LogP contribution in [0.1, 0.15) is 13.3 Å². The van der Waals surface area contributed by atoms with E-state index in [1.54, 1.807) is 11.0 Å². The Morgan fingerprint density at radius 1 is 1.58 bits per heavy atom. The lowest BCUT2D eigenvalue weighted by molar-refractivity contribution is -0.117. The number of halogens is 2. The molecule has 102 valence electrons. The normalized spacial score (nSPS) is 19.0. The number of carbonyl (C=O) groups excluding carboxylic acids is 2. The van der Waals surface area contributed by atoms with Gasteiger partial charge in [-0.15, -0.1) is 0 Å². The third kappa shape index (κ3) is 3.57. The zero-order chi connectivity index (χ0) is 14.0. The number of thioether (sulfide) groups is 1. The first-order valence-electron chi connectivity index (χ1n) is 5.86. The SMILES string of the molecule is CC(=O)SCC1CC(=O)N(c2ccc(F)cc2Br)C1. The fourth-order valence-electron chi connectivity index (χ4n) is 2.06. The number of hydrogen-bond acceptors (Lipinski definition) is 3. The van der Waals surface area contributed by atoms with Crippen LogP contribution >= 0.6 is 27.7 Å². The van der Waals surface area contributed by atoms with E-state index in [1.165, 1.54) is 30.8 Å². The zero-order valence-electron chi connectivity index (χ0n) is 10.4. The highest BCUT2D eigenvalue weighted by Gasteiger charge is 2.31. The lowest BCUT2D eigenvalue weighted by Gasteiger charge is -2.18. The largest absolute Gasteiger partial charge is 0.311 e. The number of rotatable bonds is 3. The molecule has 0 spiro atoms. The standard InChI is InChI=1S/C13H13BrFNO2S/c1-8(17)19-7-9-4-13(18)16(6-9)12-3-2-10(15)5-11(12)14/h2-3,5,9H,4,6-7H2,1H3. The molecule has 19 heavy (non-hydrogen) atoms. The van der Waals surface area contributed by atoms with E-state index in [4.69, 9.17) is 0 Å². The van der Waals surface area contributed by atoms with Crippen LogP contribution in [0.15, 0.2) is 22.7 Å². The van der Waals surface area contributed by atoms with Gasteiger partial charge in [0.05, 0.1) is 5.69 Å². The summed E-state index contributed by atoms with van der Waals surface area (Å²) in [5, 5.41) is 0.0638. The van der Waals surface area contributed by atoms with E-state index in [2.05, 4.69) is 15.9 Å². The van der Waals surface area contributed by atoms with Gasteiger partial charge in [0, 0.05) is 30.1 Å². The van der Waals surface area contributed by atoms with Crippen molar-refractivity contribution < 1.29 is 14.0 Å². The Morgan fingerprint density at radius 3 is 2.95 bits per heavy atom. The molecule has 0 N–H and O–H groups in total. The summed E-state index contributed by atoms with van der Waals surface area (Å²) in [4.78, 5) is 24.6. The van der Waals surface area contributed by atoms with Gasteiger partial charge in [-0.3, -0.25) is 9.59 Å². The molecule has 3 nitrogen and oxygen atoms in total. The smallest absolute Gasteiger partial charge is 0.227 e. The number of hydrogen-bond donors (Lipinski definition) is 0. The average Bonchev–Trinajstić information content (AvgIpc) is 2.68. The van der Waals surface area contributed by atoms with E-state index in [9.17, 15) is 14.0 Å². The summed E-state index contributed by atoms with van der Waals surface area (Å²) >= 11 is 4.52. The fourth-order valence-corrected chi connectivity index (χ4v) is 3.32. The number of nitrogens with zero attached hydrogens (tertiary/aromatic N) is 1. The third-order valence-electron chi connectivity index (χ3n) is 2.93. The van der Waals surface area contributed by atoms with E-state index in [-0.39, 0.29) is 22.8 Å². The van der Waals surface area contributed by atoms with Gasteiger partial charge in [0.15, 0.2) is 5.12 Å². The molecule has 1 aliphatic rings. The molecule has 0 aromatic heterocycles. The Labute approximate surface area is 123 Å². The molecule has 1 aromatic carbocycles. The summed E-state index contributed by atoms with van der Waals surface area (Å²) in [5.41, 5.74) is 0.682. The molecule has 0 radical (unpaired) electrons. The van der Waals surface area contributed by atoms with Gasteiger partial charge < -0.3 is 4.90 Å². The van der Waals surface area contributed by atoms with Crippen molar-refractivity contribution >= 4 is 44.4 Å². The topological polar surface area (TPSA) is 37.4 Å². The highest BCUT2D eigenvalue weighted by Crippen LogP contribution is 2.33. The van der Waals surface area contributed by atoms with E-state index in [0.717, 1.165) is 0 Å². The van der Waals surface area contributed by atoms with Crippen LogP contribution < -0.4 is 4.90 Å². The van der Waals surface area contributed by atoms with E-state index in [1.807, 2.05) is 0 Å². The number of carbonyl (C=O) groups is 2. The molecular weight excluding hydrogens is 333 g/mol. The molecule has 1 amide bonds. The van der Waals surface area contributed by atoms with E-state index in [0.29, 0.717) is 28.9 Å². The van der Waals surface area contributed by atoms with Crippen LogP contribution in [0, 0.1) is 11.7 Å². The number of benzene rings is 1. The Kier molecular flexibility index (Phi) is 4.62. The van der Waals surface area contributed by atoms with E-state index >= 15 is 0 Å². The maximum Gasteiger partial charge on any atom is 0.227 e. The molecule has 1 aliphatic heterocycles. The summed E-state index contributed by atoms with van der Waals surface area (Å²) in [7, 11) is 0. The summed E-state index contributed by atoms with van der Waals surface area (Å²) in [6.45, 7) is 2.10. The molecule has 0 bridgehead atoms. The predicted octanol–water partition coefficient (Wildman–Crippen LogP) is 3.22. The summed E-state index contributed by atoms with van der Waals surface area (Å²) in [5.74, 6) is 0.488. The van der Waals surface area contributed by atoms with Crippen molar-refractivity contribution in [2.45, 2.75) is 13.3 Å². The minimum Gasteiger partial charge on any atom is -0.311 e. The third-order valence-corrected chi connectivity index (χ3v) is 4.61. The van der Waals surface area contributed by atoms with Gasteiger partial charge in [0.2, 0.25) is 5.91 Å². The second-order valence-electron chi connectivity index (χ2n) is 4.47. The van der Waals surface area contributed by atoms with Gasteiger partial charge in [-0.05, 0) is 40.0 Å². The van der Waals surface area contributed by atoms with Crippen LogP contribution in [0.5, 0.6) is 0 Å². The average molecular weight is 346 g/mol. The minimum atomic E-state index is -0.342. The van der Waals surface area contributed by atoms with E-state index < -0.39 is 0 Å². The Morgan fingerprint density at radius 2 is 2.32 bits per heavy atom.